The van der Waals surface area contributed by atoms with Crippen molar-refractivity contribution in [2.24, 2.45) is 0 Å². The van der Waals surface area contributed by atoms with Crippen LogP contribution in [-0.2, 0) is 14.3 Å². The first-order chi connectivity index (χ1) is 8.99. The molecule has 0 aliphatic carbocycles. The minimum Gasteiger partial charge on any atom is -0.458 e. The van der Waals surface area contributed by atoms with Crippen molar-refractivity contribution in [2.75, 3.05) is 6.54 Å². The predicted molar refractivity (Wildman–Crippen MR) is 65.9 cm³/mol. The first kappa shape index (κ1) is 16.8. The monoisotopic (exact) mass is 295 g/mol. The normalized spacial score (nSPS) is 20.1. The zero-order valence-corrected chi connectivity index (χ0v) is 11.9. The lowest BCUT2D eigenvalue weighted by atomic mass is 10.1. The van der Waals surface area contributed by atoms with Crippen molar-refractivity contribution in [3.05, 3.63) is 0 Å². The van der Waals surface area contributed by atoms with Crippen LogP contribution in [0, 0.1) is 0 Å². The van der Waals surface area contributed by atoms with E-state index in [-0.39, 0.29) is 0 Å². The van der Waals surface area contributed by atoms with Gasteiger partial charge in [-0.1, -0.05) is 0 Å². The second-order valence-electron chi connectivity index (χ2n) is 5.89. The molecule has 7 heteroatoms. The molecule has 0 aromatic rings. The number of nitrogens with zero attached hydrogens (tertiary/aromatic N) is 1. The van der Waals surface area contributed by atoms with E-state index in [0.29, 0.717) is 19.4 Å². The Bertz CT molecular complexity index is 374. The minimum absolute atomic E-state index is 0.306. The molecule has 1 fully saturated rings. The maximum absolute atomic E-state index is 12.1. The number of hydrogen-bond donors (Lipinski definition) is 0. The van der Waals surface area contributed by atoms with Gasteiger partial charge in [-0.3, -0.25) is 4.79 Å². The van der Waals surface area contributed by atoms with Crippen molar-refractivity contribution in [3.63, 3.8) is 0 Å². The summed E-state index contributed by atoms with van der Waals surface area (Å²) in [5.74, 6) is -1.19. The van der Waals surface area contributed by atoms with E-state index < -0.39 is 42.5 Å². The van der Waals surface area contributed by atoms with E-state index >= 15 is 0 Å². The molecule has 1 saturated heterocycles. The average molecular weight is 295 g/mol. The van der Waals surface area contributed by atoms with E-state index in [0.717, 1.165) is 0 Å². The molecule has 0 bridgehead atoms. The van der Waals surface area contributed by atoms with Gasteiger partial charge in [0.1, 0.15) is 11.6 Å². The van der Waals surface area contributed by atoms with Crippen LogP contribution < -0.4 is 0 Å². The van der Waals surface area contributed by atoms with Crippen LogP contribution in [0.5, 0.6) is 0 Å². The van der Waals surface area contributed by atoms with Crippen LogP contribution in [-0.4, -0.2) is 41.1 Å². The Hall–Kier alpha value is -1.27. The summed E-state index contributed by atoms with van der Waals surface area (Å²) in [5.41, 5.74) is -0.680. The smallest absolute Gasteiger partial charge is 0.389 e. The number of carbonyl (C=O) groups excluding carboxylic acids is 2. The van der Waals surface area contributed by atoms with Gasteiger partial charge in [0.25, 0.3) is 0 Å². The van der Waals surface area contributed by atoms with Crippen molar-refractivity contribution < 1.29 is 27.5 Å². The summed E-state index contributed by atoms with van der Waals surface area (Å²) in [6.45, 7) is 5.42. The lowest BCUT2D eigenvalue weighted by Crippen LogP contribution is -2.43. The summed E-state index contributed by atoms with van der Waals surface area (Å²) >= 11 is 0. The maximum atomic E-state index is 12.1. The molecule has 0 N–H and O–H groups in total. The third kappa shape index (κ3) is 5.38. The van der Waals surface area contributed by atoms with E-state index in [1.807, 2.05) is 0 Å². The first-order valence-electron chi connectivity index (χ1n) is 6.59. The highest BCUT2D eigenvalue weighted by atomic mass is 19.4. The van der Waals surface area contributed by atoms with Gasteiger partial charge in [0, 0.05) is 13.0 Å². The summed E-state index contributed by atoms with van der Waals surface area (Å²) in [6, 6.07) is -0.755. The molecule has 0 aromatic heterocycles. The third-order valence-corrected chi connectivity index (χ3v) is 2.87. The van der Waals surface area contributed by atoms with E-state index in [4.69, 9.17) is 4.74 Å². The van der Waals surface area contributed by atoms with E-state index in [1.54, 1.807) is 20.8 Å². The van der Waals surface area contributed by atoms with Crippen molar-refractivity contribution in [3.8, 4) is 0 Å². The molecule has 1 aliphatic rings. The quantitative estimate of drug-likeness (QED) is 0.752. The number of halogens is 3. The molecule has 1 atom stereocenters. The molecular weight excluding hydrogens is 275 g/mol. The fraction of sp³-hybridized carbons (Fsp3) is 0.846. The molecule has 0 saturated carbocycles. The van der Waals surface area contributed by atoms with Crippen LogP contribution in [0.25, 0.3) is 0 Å². The van der Waals surface area contributed by atoms with Gasteiger partial charge in [-0.25, -0.2) is 4.79 Å². The van der Waals surface area contributed by atoms with Gasteiger partial charge in [0.05, 0.1) is 6.42 Å². The first-order valence-corrected chi connectivity index (χ1v) is 6.59. The average Bonchev–Trinajstić information content (AvgIpc) is 2.71. The lowest BCUT2D eigenvalue weighted by Gasteiger charge is -2.27. The van der Waals surface area contributed by atoms with Gasteiger partial charge in [0.15, 0.2) is 0 Å². The highest BCUT2D eigenvalue weighted by Crippen LogP contribution is 2.25. The third-order valence-electron chi connectivity index (χ3n) is 2.87. The molecule has 1 rings (SSSR count). The summed E-state index contributed by atoms with van der Waals surface area (Å²) in [5, 5.41) is 0. The Balaban J connectivity index is 2.60. The topological polar surface area (TPSA) is 46.6 Å². The number of hydrogen-bond acceptors (Lipinski definition) is 3. The minimum atomic E-state index is -4.36. The summed E-state index contributed by atoms with van der Waals surface area (Å²) in [7, 11) is 0. The SMILES string of the molecule is CC(C)(C)OC(=O)[C@@H]1CCCN1C(=O)CCC(F)(F)F. The van der Waals surface area contributed by atoms with Crippen LogP contribution in [0.1, 0.15) is 46.5 Å². The van der Waals surface area contributed by atoms with Crippen LogP contribution in [0.4, 0.5) is 13.2 Å². The molecule has 0 aromatic carbocycles. The Labute approximate surface area is 116 Å². The number of alkyl halides is 3. The van der Waals surface area contributed by atoms with Gasteiger partial charge in [-0.05, 0) is 33.6 Å². The largest absolute Gasteiger partial charge is 0.458 e. The molecule has 1 heterocycles. The molecule has 116 valence electrons. The Morgan fingerprint density at radius 2 is 1.85 bits per heavy atom. The molecule has 1 aliphatic heterocycles. The number of rotatable bonds is 3. The van der Waals surface area contributed by atoms with Gasteiger partial charge in [-0.15, -0.1) is 0 Å². The second kappa shape index (κ2) is 6.01. The van der Waals surface area contributed by atoms with Crippen LogP contribution in [0.3, 0.4) is 0 Å². The van der Waals surface area contributed by atoms with Crippen molar-refractivity contribution in [2.45, 2.75) is 64.3 Å². The summed E-state index contributed by atoms with van der Waals surface area (Å²) in [4.78, 5) is 24.9. The Morgan fingerprint density at radius 3 is 2.35 bits per heavy atom. The molecular formula is C13H20F3NO3. The molecule has 1 amide bonds. The summed E-state index contributed by atoms with van der Waals surface area (Å²) in [6.07, 6.45) is -5.11. The molecule has 4 nitrogen and oxygen atoms in total. The Kier molecular flexibility index (Phi) is 5.05. The van der Waals surface area contributed by atoms with Crippen LogP contribution in [0.15, 0.2) is 0 Å². The highest BCUT2D eigenvalue weighted by molar-refractivity contribution is 5.85. The number of likely N-dealkylation sites (tertiary alicyclic amines) is 1. The standard InChI is InChI=1S/C13H20F3NO3/c1-12(2,3)20-11(19)9-5-4-8-17(9)10(18)6-7-13(14,15)16/h9H,4-8H2,1-3H3/t9-/m0/s1. The van der Waals surface area contributed by atoms with Gasteiger partial charge in [0.2, 0.25) is 5.91 Å². The van der Waals surface area contributed by atoms with Crippen molar-refractivity contribution in [1.29, 1.82) is 0 Å². The fourth-order valence-electron chi connectivity index (χ4n) is 2.07. The van der Waals surface area contributed by atoms with Gasteiger partial charge < -0.3 is 9.64 Å². The fourth-order valence-corrected chi connectivity index (χ4v) is 2.07. The molecule has 0 radical (unpaired) electrons. The zero-order valence-electron chi connectivity index (χ0n) is 11.9. The van der Waals surface area contributed by atoms with E-state index in [2.05, 4.69) is 0 Å². The number of esters is 1. The highest BCUT2D eigenvalue weighted by Gasteiger charge is 2.38. The summed E-state index contributed by atoms with van der Waals surface area (Å²) < 4.78 is 41.5. The molecule has 20 heavy (non-hydrogen) atoms. The predicted octanol–water partition coefficient (Wildman–Crippen LogP) is 2.66. The number of carbonyl (C=O) groups is 2. The van der Waals surface area contributed by atoms with Gasteiger partial charge >= 0.3 is 12.1 Å². The van der Waals surface area contributed by atoms with Crippen molar-refractivity contribution >= 4 is 11.9 Å². The number of amides is 1. The van der Waals surface area contributed by atoms with Gasteiger partial charge in [-0.2, -0.15) is 13.2 Å². The maximum Gasteiger partial charge on any atom is 0.389 e. The zero-order chi connectivity index (χ0) is 15.6. The van der Waals surface area contributed by atoms with Crippen molar-refractivity contribution in [1.82, 2.24) is 4.90 Å². The van der Waals surface area contributed by atoms with Crippen LogP contribution >= 0.6 is 0 Å². The van der Waals surface area contributed by atoms with Crippen LogP contribution in [0.2, 0.25) is 0 Å². The molecule has 0 unspecified atom stereocenters. The number of ether oxygens (including phenoxy) is 1. The lowest BCUT2D eigenvalue weighted by molar-refractivity contribution is -0.164. The van der Waals surface area contributed by atoms with E-state index in [1.165, 1.54) is 4.90 Å². The molecule has 0 spiro atoms. The Morgan fingerprint density at radius 1 is 1.25 bits per heavy atom. The second-order valence-corrected chi connectivity index (χ2v) is 5.89. The van der Waals surface area contributed by atoms with E-state index in [9.17, 15) is 22.8 Å².